The summed E-state index contributed by atoms with van der Waals surface area (Å²) < 4.78 is 5.34. The van der Waals surface area contributed by atoms with Crippen LogP contribution in [-0.2, 0) is 14.3 Å². The lowest BCUT2D eigenvalue weighted by Crippen LogP contribution is -2.52. The second-order valence-corrected chi connectivity index (χ2v) is 9.75. The summed E-state index contributed by atoms with van der Waals surface area (Å²) in [6.45, 7) is 14.9. The standard InChI is InChI=1S/C24H39N3O4/c1-15(2)14-19(26-23(30)31-24(6,7)8)22(29)27(9)20(21(28)25-16(3)4)18-12-10-17(5)11-13-18/h10-13,15-16,19-20H,14H2,1-9H3,(H,25,28)(H,26,30). The zero-order chi connectivity index (χ0) is 23.9. The Hall–Kier alpha value is -2.57. The summed E-state index contributed by atoms with van der Waals surface area (Å²) in [5, 5.41) is 5.60. The lowest BCUT2D eigenvalue weighted by atomic mass is 9.99. The van der Waals surface area contributed by atoms with Gasteiger partial charge in [0.1, 0.15) is 17.7 Å². The second kappa shape index (κ2) is 11.2. The molecule has 0 aliphatic carbocycles. The van der Waals surface area contributed by atoms with Gasteiger partial charge in [-0.2, -0.15) is 0 Å². The van der Waals surface area contributed by atoms with Gasteiger partial charge in [-0.05, 0) is 59.4 Å². The molecular weight excluding hydrogens is 394 g/mol. The van der Waals surface area contributed by atoms with E-state index in [0.29, 0.717) is 12.0 Å². The van der Waals surface area contributed by atoms with Crippen LogP contribution >= 0.6 is 0 Å². The van der Waals surface area contributed by atoms with E-state index in [1.165, 1.54) is 4.90 Å². The zero-order valence-corrected chi connectivity index (χ0v) is 20.4. The van der Waals surface area contributed by atoms with Crippen molar-refractivity contribution in [2.24, 2.45) is 5.92 Å². The Balaban J connectivity index is 3.21. The first-order chi connectivity index (χ1) is 14.2. The maximum absolute atomic E-state index is 13.4. The molecule has 7 heteroatoms. The lowest BCUT2D eigenvalue weighted by molar-refractivity contribution is -0.141. The molecule has 1 aromatic rings. The second-order valence-electron chi connectivity index (χ2n) is 9.75. The highest BCUT2D eigenvalue weighted by atomic mass is 16.6. The van der Waals surface area contributed by atoms with E-state index in [1.807, 2.05) is 58.9 Å². The first-order valence-electron chi connectivity index (χ1n) is 10.8. The molecule has 3 amide bonds. The average Bonchev–Trinajstić information content (AvgIpc) is 2.59. The fourth-order valence-corrected chi connectivity index (χ4v) is 3.18. The summed E-state index contributed by atoms with van der Waals surface area (Å²) in [7, 11) is 1.59. The van der Waals surface area contributed by atoms with Crippen molar-refractivity contribution in [1.82, 2.24) is 15.5 Å². The molecule has 1 aromatic carbocycles. The lowest BCUT2D eigenvalue weighted by Gasteiger charge is -2.32. The predicted molar refractivity (Wildman–Crippen MR) is 123 cm³/mol. The van der Waals surface area contributed by atoms with Gasteiger partial charge in [-0.1, -0.05) is 43.7 Å². The number of likely N-dealkylation sites (N-methyl/N-ethyl adjacent to an activating group) is 1. The van der Waals surface area contributed by atoms with Crippen LogP contribution < -0.4 is 10.6 Å². The minimum Gasteiger partial charge on any atom is -0.444 e. The van der Waals surface area contributed by atoms with Crippen LogP contribution in [-0.4, -0.2) is 47.5 Å². The number of carbonyl (C=O) groups excluding carboxylic acids is 3. The van der Waals surface area contributed by atoms with Gasteiger partial charge in [-0.15, -0.1) is 0 Å². The molecule has 1 rings (SSSR count). The summed E-state index contributed by atoms with van der Waals surface area (Å²) in [4.78, 5) is 40.2. The van der Waals surface area contributed by atoms with Crippen molar-refractivity contribution in [1.29, 1.82) is 0 Å². The molecule has 2 atom stereocenters. The van der Waals surface area contributed by atoms with E-state index in [0.717, 1.165) is 5.56 Å². The third-order valence-corrected chi connectivity index (χ3v) is 4.50. The summed E-state index contributed by atoms with van der Waals surface area (Å²) in [5.74, 6) is -0.459. The normalized spacial score (nSPS) is 13.5. The van der Waals surface area contributed by atoms with Gasteiger partial charge in [-0.25, -0.2) is 4.79 Å². The molecule has 0 bridgehead atoms. The van der Waals surface area contributed by atoms with Crippen molar-refractivity contribution in [3.8, 4) is 0 Å². The number of benzene rings is 1. The molecule has 2 unspecified atom stereocenters. The molecule has 0 radical (unpaired) electrons. The molecule has 0 heterocycles. The van der Waals surface area contributed by atoms with Crippen molar-refractivity contribution < 1.29 is 19.1 Å². The van der Waals surface area contributed by atoms with Crippen LogP contribution in [0.5, 0.6) is 0 Å². The van der Waals surface area contributed by atoms with Crippen molar-refractivity contribution in [3.63, 3.8) is 0 Å². The topological polar surface area (TPSA) is 87.7 Å². The molecule has 2 N–H and O–H groups in total. The highest BCUT2D eigenvalue weighted by molar-refractivity contribution is 5.92. The number of carbonyl (C=O) groups is 3. The molecule has 0 aliphatic rings. The third kappa shape index (κ3) is 8.99. The Kier molecular flexibility index (Phi) is 9.53. The SMILES string of the molecule is Cc1ccc(C(C(=O)NC(C)C)N(C)C(=O)C(CC(C)C)NC(=O)OC(C)(C)C)cc1. The number of nitrogens with one attached hydrogen (secondary N) is 2. The average molecular weight is 434 g/mol. The fraction of sp³-hybridized carbons (Fsp3) is 0.625. The first kappa shape index (κ1) is 26.5. The minimum atomic E-state index is -0.814. The highest BCUT2D eigenvalue weighted by Gasteiger charge is 2.34. The number of alkyl carbamates (subject to hydrolysis) is 1. The highest BCUT2D eigenvalue weighted by Crippen LogP contribution is 2.23. The number of nitrogens with zero attached hydrogens (tertiary/aromatic N) is 1. The maximum atomic E-state index is 13.4. The summed E-state index contributed by atoms with van der Waals surface area (Å²) in [6, 6.07) is 5.83. The van der Waals surface area contributed by atoms with Crippen molar-refractivity contribution in [2.75, 3.05) is 7.05 Å². The molecule has 174 valence electrons. The Morgan fingerprint density at radius 2 is 1.55 bits per heavy atom. The van der Waals surface area contributed by atoms with E-state index < -0.39 is 23.8 Å². The van der Waals surface area contributed by atoms with E-state index in [4.69, 9.17) is 4.74 Å². The third-order valence-electron chi connectivity index (χ3n) is 4.50. The molecule has 0 aliphatic heterocycles. The maximum Gasteiger partial charge on any atom is 0.408 e. The van der Waals surface area contributed by atoms with Crippen LogP contribution in [0.2, 0.25) is 0 Å². The molecule has 0 saturated heterocycles. The Morgan fingerprint density at radius 3 is 2.00 bits per heavy atom. The summed E-state index contributed by atoms with van der Waals surface area (Å²) in [5.41, 5.74) is 1.09. The van der Waals surface area contributed by atoms with Crippen LogP contribution in [0.4, 0.5) is 4.79 Å². The van der Waals surface area contributed by atoms with Crippen molar-refractivity contribution in [2.45, 2.75) is 85.5 Å². The molecule has 31 heavy (non-hydrogen) atoms. The number of hydrogen-bond donors (Lipinski definition) is 2. The van der Waals surface area contributed by atoms with Crippen molar-refractivity contribution in [3.05, 3.63) is 35.4 Å². The molecule has 0 fully saturated rings. The summed E-state index contributed by atoms with van der Waals surface area (Å²) >= 11 is 0. The largest absolute Gasteiger partial charge is 0.444 e. The first-order valence-corrected chi connectivity index (χ1v) is 10.8. The van der Waals surface area contributed by atoms with Gasteiger partial charge in [0.15, 0.2) is 0 Å². The van der Waals surface area contributed by atoms with E-state index in [-0.39, 0.29) is 23.8 Å². The quantitative estimate of drug-likeness (QED) is 0.650. The van der Waals surface area contributed by atoms with Gasteiger partial charge in [0.05, 0.1) is 0 Å². The number of rotatable bonds is 8. The van der Waals surface area contributed by atoms with Crippen LogP contribution in [0, 0.1) is 12.8 Å². The van der Waals surface area contributed by atoms with Gasteiger partial charge in [0.25, 0.3) is 0 Å². The molecule has 0 aromatic heterocycles. The van der Waals surface area contributed by atoms with Gasteiger partial charge in [0, 0.05) is 13.1 Å². The number of ether oxygens (including phenoxy) is 1. The van der Waals surface area contributed by atoms with E-state index >= 15 is 0 Å². The van der Waals surface area contributed by atoms with Crippen LogP contribution in [0.1, 0.15) is 72.1 Å². The monoisotopic (exact) mass is 433 g/mol. The number of amides is 3. The van der Waals surface area contributed by atoms with Gasteiger partial charge >= 0.3 is 6.09 Å². The van der Waals surface area contributed by atoms with Crippen LogP contribution in [0.3, 0.4) is 0 Å². The van der Waals surface area contributed by atoms with Crippen LogP contribution in [0.25, 0.3) is 0 Å². The molecule has 0 spiro atoms. The van der Waals surface area contributed by atoms with Crippen LogP contribution in [0.15, 0.2) is 24.3 Å². The summed E-state index contributed by atoms with van der Waals surface area (Å²) in [6.07, 6.45) is -0.229. The molecule has 0 saturated carbocycles. The van der Waals surface area contributed by atoms with Crippen molar-refractivity contribution >= 4 is 17.9 Å². The number of hydrogen-bond acceptors (Lipinski definition) is 4. The Bertz CT molecular complexity index is 751. The fourth-order valence-electron chi connectivity index (χ4n) is 3.18. The van der Waals surface area contributed by atoms with E-state index in [2.05, 4.69) is 10.6 Å². The van der Waals surface area contributed by atoms with E-state index in [9.17, 15) is 14.4 Å². The van der Waals surface area contributed by atoms with Gasteiger partial charge in [-0.3, -0.25) is 9.59 Å². The smallest absolute Gasteiger partial charge is 0.408 e. The van der Waals surface area contributed by atoms with Gasteiger partial charge in [0.2, 0.25) is 11.8 Å². The predicted octanol–water partition coefficient (Wildman–Crippen LogP) is 3.96. The van der Waals surface area contributed by atoms with Gasteiger partial charge < -0.3 is 20.3 Å². The Labute approximate surface area is 186 Å². The zero-order valence-electron chi connectivity index (χ0n) is 20.4. The number of aryl methyl sites for hydroxylation is 1. The van der Waals surface area contributed by atoms with E-state index in [1.54, 1.807) is 27.8 Å². The minimum absolute atomic E-state index is 0.0738. The Morgan fingerprint density at radius 1 is 1.00 bits per heavy atom. The molecular formula is C24H39N3O4. The molecule has 7 nitrogen and oxygen atoms in total.